The molecule has 3 nitrogen and oxygen atoms in total. The van der Waals surface area contributed by atoms with Crippen molar-refractivity contribution in [1.29, 1.82) is 5.26 Å². The monoisotopic (exact) mass is 201 g/mol. The van der Waals surface area contributed by atoms with Gasteiger partial charge in [0.05, 0.1) is 11.6 Å². The van der Waals surface area contributed by atoms with Crippen LogP contribution in [0, 0.1) is 11.3 Å². The first kappa shape index (κ1) is 8.85. The smallest absolute Gasteiger partial charge is 0.170 e. The van der Waals surface area contributed by atoms with Gasteiger partial charge in [0.15, 0.2) is 5.16 Å². The summed E-state index contributed by atoms with van der Waals surface area (Å²) in [5.74, 6) is 0. The van der Waals surface area contributed by atoms with Crippen molar-refractivity contribution in [1.82, 2.24) is 9.97 Å². The Bertz CT molecular complexity index is 456. The number of hydrogen-bond acceptors (Lipinski definition) is 3. The molecule has 0 aliphatic carbocycles. The molecule has 0 saturated carbocycles. The maximum absolute atomic E-state index is 8.71. The summed E-state index contributed by atoms with van der Waals surface area (Å²) in [4.78, 5) is 8.10. The van der Waals surface area contributed by atoms with Crippen LogP contribution in [0.2, 0.25) is 0 Å². The van der Waals surface area contributed by atoms with E-state index >= 15 is 0 Å². The number of nitrogens with one attached hydrogen (secondary N) is 1. The van der Waals surface area contributed by atoms with Gasteiger partial charge in [0, 0.05) is 17.3 Å². The third kappa shape index (κ3) is 1.95. The van der Waals surface area contributed by atoms with Crippen molar-refractivity contribution in [3.8, 4) is 6.07 Å². The van der Waals surface area contributed by atoms with Gasteiger partial charge in [0.1, 0.15) is 0 Å². The fourth-order valence-corrected chi connectivity index (χ4v) is 1.84. The van der Waals surface area contributed by atoms with Gasteiger partial charge in [-0.2, -0.15) is 5.26 Å². The first-order valence-electron chi connectivity index (χ1n) is 4.06. The lowest BCUT2D eigenvalue weighted by Crippen LogP contribution is -1.77. The topological polar surface area (TPSA) is 52.5 Å². The van der Waals surface area contributed by atoms with Crippen LogP contribution < -0.4 is 0 Å². The molecule has 4 heteroatoms. The number of rotatable bonds is 2. The lowest BCUT2D eigenvalue weighted by atomic mass is 10.2. The van der Waals surface area contributed by atoms with E-state index in [0.29, 0.717) is 5.56 Å². The second-order valence-electron chi connectivity index (χ2n) is 2.64. The van der Waals surface area contributed by atoms with E-state index in [9.17, 15) is 0 Å². The average Bonchev–Trinajstić information content (AvgIpc) is 2.71. The molecular formula is C10H7N3S. The number of nitriles is 1. The Hall–Kier alpha value is -1.73. The van der Waals surface area contributed by atoms with Crippen LogP contribution in [0.4, 0.5) is 0 Å². The Morgan fingerprint density at radius 3 is 3.07 bits per heavy atom. The van der Waals surface area contributed by atoms with Crippen LogP contribution >= 0.6 is 11.8 Å². The zero-order valence-electron chi connectivity index (χ0n) is 7.27. The van der Waals surface area contributed by atoms with Crippen LogP contribution in [-0.4, -0.2) is 9.97 Å². The van der Waals surface area contributed by atoms with Gasteiger partial charge in [-0.1, -0.05) is 17.8 Å². The van der Waals surface area contributed by atoms with E-state index in [0.717, 1.165) is 10.1 Å². The highest BCUT2D eigenvalue weighted by Gasteiger charge is 1.99. The molecule has 1 aromatic carbocycles. The van der Waals surface area contributed by atoms with Gasteiger partial charge < -0.3 is 4.98 Å². The van der Waals surface area contributed by atoms with Gasteiger partial charge in [-0.25, -0.2) is 4.98 Å². The lowest BCUT2D eigenvalue weighted by Gasteiger charge is -1.97. The quantitative estimate of drug-likeness (QED) is 0.811. The van der Waals surface area contributed by atoms with Crippen LogP contribution in [0.25, 0.3) is 0 Å². The van der Waals surface area contributed by atoms with Crippen LogP contribution in [0.1, 0.15) is 5.56 Å². The van der Waals surface area contributed by atoms with E-state index in [-0.39, 0.29) is 0 Å². The van der Waals surface area contributed by atoms with Gasteiger partial charge in [0.25, 0.3) is 0 Å². The number of H-pyrrole nitrogens is 1. The number of nitrogens with zero attached hydrogens (tertiary/aromatic N) is 2. The highest BCUT2D eigenvalue weighted by atomic mass is 32.2. The maximum atomic E-state index is 8.71. The Morgan fingerprint density at radius 1 is 1.43 bits per heavy atom. The Balaban J connectivity index is 2.22. The molecule has 0 unspecified atom stereocenters. The van der Waals surface area contributed by atoms with E-state index in [2.05, 4.69) is 16.0 Å². The van der Waals surface area contributed by atoms with Crippen molar-refractivity contribution in [3.05, 3.63) is 42.2 Å². The molecule has 68 valence electrons. The second-order valence-corrected chi connectivity index (χ2v) is 3.70. The average molecular weight is 201 g/mol. The van der Waals surface area contributed by atoms with E-state index in [1.807, 2.05) is 18.2 Å². The van der Waals surface area contributed by atoms with E-state index < -0.39 is 0 Å². The van der Waals surface area contributed by atoms with E-state index in [4.69, 9.17) is 5.26 Å². The summed E-state index contributed by atoms with van der Waals surface area (Å²) in [6.45, 7) is 0. The van der Waals surface area contributed by atoms with E-state index in [1.165, 1.54) is 11.8 Å². The molecular weight excluding hydrogens is 194 g/mol. The number of aromatic amines is 1. The van der Waals surface area contributed by atoms with Gasteiger partial charge >= 0.3 is 0 Å². The molecule has 2 aromatic rings. The predicted octanol–water partition coefficient (Wildman–Crippen LogP) is 2.43. The zero-order chi connectivity index (χ0) is 9.80. The molecule has 0 spiro atoms. The Labute approximate surface area is 85.8 Å². The molecule has 0 aliphatic heterocycles. The summed E-state index contributed by atoms with van der Waals surface area (Å²) in [6, 6.07) is 9.54. The number of imidazole rings is 1. The van der Waals surface area contributed by atoms with Gasteiger partial charge in [-0.3, -0.25) is 0 Å². The molecule has 1 heterocycles. The Kier molecular flexibility index (Phi) is 2.52. The third-order valence-electron chi connectivity index (χ3n) is 1.65. The summed E-state index contributed by atoms with van der Waals surface area (Å²) < 4.78 is 0. The number of aromatic nitrogens is 2. The van der Waals surface area contributed by atoms with Crippen molar-refractivity contribution in [2.45, 2.75) is 10.1 Å². The summed E-state index contributed by atoms with van der Waals surface area (Å²) in [5, 5.41) is 9.54. The van der Waals surface area contributed by atoms with Crippen LogP contribution in [0.3, 0.4) is 0 Å². The molecule has 0 amide bonds. The molecule has 14 heavy (non-hydrogen) atoms. The standard InChI is InChI=1S/C10H7N3S/c11-7-8-2-1-3-9(6-8)14-10-12-4-5-13-10/h1-6H,(H,12,13). The first-order valence-corrected chi connectivity index (χ1v) is 4.87. The van der Waals surface area contributed by atoms with Crippen molar-refractivity contribution < 1.29 is 0 Å². The molecule has 0 saturated heterocycles. The molecule has 0 bridgehead atoms. The summed E-state index contributed by atoms with van der Waals surface area (Å²) in [6.07, 6.45) is 3.48. The molecule has 0 fully saturated rings. The van der Waals surface area contributed by atoms with Gasteiger partial charge in [-0.05, 0) is 18.2 Å². The highest BCUT2D eigenvalue weighted by molar-refractivity contribution is 7.99. The van der Waals surface area contributed by atoms with Crippen molar-refractivity contribution in [2.24, 2.45) is 0 Å². The van der Waals surface area contributed by atoms with Crippen molar-refractivity contribution in [3.63, 3.8) is 0 Å². The molecule has 0 atom stereocenters. The van der Waals surface area contributed by atoms with Crippen LogP contribution in [-0.2, 0) is 0 Å². The summed E-state index contributed by atoms with van der Waals surface area (Å²) >= 11 is 1.51. The summed E-state index contributed by atoms with van der Waals surface area (Å²) in [5.41, 5.74) is 0.668. The molecule has 0 radical (unpaired) electrons. The number of benzene rings is 1. The predicted molar refractivity (Wildman–Crippen MR) is 53.9 cm³/mol. The summed E-state index contributed by atoms with van der Waals surface area (Å²) in [7, 11) is 0. The van der Waals surface area contributed by atoms with Crippen LogP contribution in [0.15, 0.2) is 46.7 Å². The molecule has 1 N–H and O–H groups in total. The minimum absolute atomic E-state index is 0.668. The lowest BCUT2D eigenvalue weighted by molar-refractivity contribution is 1.06. The zero-order valence-corrected chi connectivity index (χ0v) is 8.08. The maximum Gasteiger partial charge on any atom is 0.170 e. The van der Waals surface area contributed by atoms with Crippen LogP contribution in [0.5, 0.6) is 0 Å². The van der Waals surface area contributed by atoms with Crippen molar-refractivity contribution in [2.75, 3.05) is 0 Å². The van der Waals surface area contributed by atoms with Gasteiger partial charge in [0.2, 0.25) is 0 Å². The minimum Gasteiger partial charge on any atom is -0.339 e. The largest absolute Gasteiger partial charge is 0.339 e. The molecule has 2 rings (SSSR count). The minimum atomic E-state index is 0.668. The fourth-order valence-electron chi connectivity index (χ4n) is 1.05. The van der Waals surface area contributed by atoms with Gasteiger partial charge in [-0.15, -0.1) is 0 Å². The highest BCUT2D eigenvalue weighted by Crippen LogP contribution is 2.24. The SMILES string of the molecule is N#Cc1cccc(Sc2ncc[nH]2)c1. The van der Waals surface area contributed by atoms with E-state index in [1.54, 1.807) is 18.5 Å². The third-order valence-corrected chi connectivity index (χ3v) is 2.56. The molecule has 0 aliphatic rings. The van der Waals surface area contributed by atoms with Crippen molar-refractivity contribution >= 4 is 11.8 Å². The first-order chi connectivity index (χ1) is 6.88. The Morgan fingerprint density at radius 2 is 2.36 bits per heavy atom. The fraction of sp³-hybridized carbons (Fsp3) is 0. The molecule has 1 aromatic heterocycles. The normalized spacial score (nSPS) is 9.64. The second kappa shape index (κ2) is 3.99. The number of hydrogen-bond donors (Lipinski definition) is 1.